The van der Waals surface area contributed by atoms with E-state index in [0.717, 1.165) is 56.8 Å². The number of benzene rings is 3. The van der Waals surface area contributed by atoms with Crippen molar-refractivity contribution in [3.8, 4) is 11.5 Å². The molecule has 1 N–H and O–H groups in total. The van der Waals surface area contributed by atoms with Crippen LogP contribution >= 0.6 is 0 Å². The largest absolute Gasteiger partial charge is 0.493 e. The molecule has 0 amide bonds. The van der Waals surface area contributed by atoms with E-state index in [1.807, 2.05) is 6.07 Å². The van der Waals surface area contributed by atoms with Gasteiger partial charge in [-0.15, -0.1) is 0 Å². The molecule has 4 aromatic rings. The topological polar surface area (TPSA) is 85.8 Å². The van der Waals surface area contributed by atoms with Gasteiger partial charge < -0.3 is 19.5 Å². The van der Waals surface area contributed by atoms with Crippen LogP contribution in [0.15, 0.2) is 73.1 Å². The van der Waals surface area contributed by atoms with E-state index >= 15 is 0 Å². The van der Waals surface area contributed by atoms with Crippen molar-refractivity contribution in [1.29, 1.82) is 0 Å². The van der Waals surface area contributed by atoms with E-state index in [4.69, 9.17) is 14.2 Å². The van der Waals surface area contributed by atoms with Crippen molar-refractivity contribution in [1.82, 2.24) is 14.9 Å². The Labute approximate surface area is 247 Å². The van der Waals surface area contributed by atoms with E-state index in [-0.39, 0.29) is 11.3 Å². The number of nitrogens with one attached hydrogen (secondary N) is 1. The third kappa shape index (κ3) is 7.88. The van der Waals surface area contributed by atoms with Crippen LogP contribution in [0.4, 0.5) is 24.7 Å². The molecule has 224 valence electrons. The lowest BCUT2D eigenvalue weighted by atomic mass is 10.1. The van der Waals surface area contributed by atoms with Crippen molar-refractivity contribution in [2.24, 2.45) is 0 Å². The summed E-state index contributed by atoms with van der Waals surface area (Å²) in [5.74, 6) is 1.38. The van der Waals surface area contributed by atoms with Gasteiger partial charge in [-0.3, -0.25) is 9.69 Å². The van der Waals surface area contributed by atoms with Crippen LogP contribution in [0.25, 0.3) is 17.0 Å². The Bertz CT molecular complexity index is 1590. The number of allylic oxidation sites excluding steroid dienone is 1. The molecule has 1 aliphatic heterocycles. The lowest BCUT2D eigenvalue weighted by Gasteiger charge is -2.26. The molecule has 5 rings (SSSR count). The molecule has 0 spiro atoms. The Kier molecular flexibility index (Phi) is 9.53. The highest BCUT2D eigenvalue weighted by molar-refractivity contribution is 6.07. The lowest BCUT2D eigenvalue weighted by Crippen LogP contribution is -2.37. The number of anilines is 2. The molecule has 43 heavy (non-hydrogen) atoms. The highest BCUT2D eigenvalue weighted by atomic mass is 19.4. The number of carbonyl (C=O) groups excluding carboxylic acids is 1. The van der Waals surface area contributed by atoms with Crippen LogP contribution in [0.5, 0.6) is 11.5 Å². The summed E-state index contributed by atoms with van der Waals surface area (Å²) in [5, 5.41) is 4.00. The fraction of sp³-hybridized carbons (Fsp3) is 0.281. The highest BCUT2D eigenvalue weighted by Gasteiger charge is 2.30. The SMILES string of the molecule is COc1cc2ncnc(Nc3ccc(C(=O)/C=C/c4cccc(C(F)(F)F)c4)cc3)c2cc1OCCCN1CCOCC1. The first-order valence-corrected chi connectivity index (χ1v) is 13.8. The first-order chi connectivity index (χ1) is 20.8. The maximum absolute atomic E-state index is 13.0. The molecule has 0 bridgehead atoms. The number of fused-ring (bicyclic) bond motifs is 1. The second-order valence-corrected chi connectivity index (χ2v) is 9.92. The van der Waals surface area contributed by atoms with Gasteiger partial charge in [-0.2, -0.15) is 13.2 Å². The molecule has 0 radical (unpaired) electrons. The summed E-state index contributed by atoms with van der Waals surface area (Å²) in [6.07, 6.45) is 0.482. The zero-order valence-corrected chi connectivity index (χ0v) is 23.6. The fourth-order valence-corrected chi connectivity index (χ4v) is 4.67. The van der Waals surface area contributed by atoms with Crippen molar-refractivity contribution in [3.05, 3.63) is 89.8 Å². The van der Waals surface area contributed by atoms with E-state index in [1.165, 1.54) is 30.6 Å². The van der Waals surface area contributed by atoms with Gasteiger partial charge in [0, 0.05) is 42.3 Å². The maximum atomic E-state index is 13.0. The number of ketones is 1. The molecule has 2 heterocycles. The summed E-state index contributed by atoms with van der Waals surface area (Å²) >= 11 is 0. The molecular weight excluding hydrogens is 561 g/mol. The van der Waals surface area contributed by atoms with Gasteiger partial charge in [0.05, 0.1) is 38.0 Å². The fourth-order valence-electron chi connectivity index (χ4n) is 4.67. The van der Waals surface area contributed by atoms with Gasteiger partial charge >= 0.3 is 6.18 Å². The number of morpholine rings is 1. The number of rotatable bonds is 11. The molecule has 11 heteroatoms. The maximum Gasteiger partial charge on any atom is 0.416 e. The summed E-state index contributed by atoms with van der Waals surface area (Å²) < 4.78 is 55.9. The second-order valence-electron chi connectivity index (χ2n) is 9.92. The quantitative estimate of drug-likeness (QED) is 0.122. The summed E-state index contributed by atoms with van der Waals surface area (Å²) in [4.78, 5) is 23.8. The number of nitrogens with zero attached hydrogens (tertiary/aromatic N) is 3. The van der Waals surface area contributed by atoms with Gasteiger partial charge in [0.15, 0.2) is 17.3 Å². The van der Waals surface area contributed by atoms with Crippen molar-refractivity contribution in [2.45, 2.75) is 12.6 Å². The van der Waals surface area contributed by atoms with Gasteiger partial charge in [-0.25, -0.2) is 9.97 Å². The number of alkyl halides is 3. The van der Waals surface area contributed by atoms with E-state index in [1.54, 1.807) is 37.4 Å². The van der Waals surface area contributed by atoms with Crippen LogP contribution in [0.1, 0.15) is 27.9 Å². The summed E-state index contributed by atoms with van der Waals surface area (Å²) in [7, 11) is 1.58. The molecular formula is C32H31F3N4O4. The van der Waals surface area contributed by atoms with Gasteiger partial charge in [0.1, 0.15) is 12.1 Å². The first kappa shape index (κ1) is 30.0. The van der Waals surface area contributed by atoms with Crippen LogP contribution in [-0.4, -0.2) is 67.2 Å². The minimum absolute atomic E-state index is 0.286. The molecule has 0 saturated carbocycles. The predicted octanol–water partition coefficient (Wildman–Crippen LogP) is 6.40. The Hall–Kier alpha value is -4.48. The predicted molar refractivity (Wildman–Crippen MR) is 158 cm³/mol. The monoisotopic (exact) mass is 592 g/mol. The van der Waals surface area contributed by atoms with Crippen LogP contribution in [0, 0.1) is 0 Å². The first-order valence-electron chi connectivity index (χ1n) is 13.8. The van der Waals surface area contributed by atoms with E-state index in [0.29, 0.717) is 40.7 Å². The van der Waals surface area contributed by atoms with Crippen molar-refractivity contribution >= 4 is 34.3 Å². The highest BCUT2D eigenvalue weighted by Crippen LogP contribution is 2.35. The molecule has 0 unspecified atom stereocenters. The number of carbonyl (C=O) groups is 1. The third-order valence-corrected chi connectivity index (χ3v) is 6.97. The van der Waals surface area contributed by atoms with Crippen molar-refractivity contribution in [2.75, 3.05) is 51.9 Å². The van der Waals surface area contributed by atoms with E-state index in [2.05, 4.69) is 20.2 Å². The van der Waals surface area contributed by atoms with Crippen molar-refractivity contribution < 1.29 is 32.2 Å². The number of methoxy groups -OCH3 is 1. The normalized spacial score (nSPS) is 14.2. The molecule has 1 aromatic heterocycles. The number of ether oxygens (including phenoxy) is 3. The second kappa shape index (κ2) is 13.7. The zero-order chi connectivity index (χ0) is 30.2. The molecule has 0 atom stereocenters. The third-order valence-electron chi connectivity index (χ3n) is 6.97. The molecule has 1 saturated heterocycles. The van der Waals surface area contributed by atoms with E-state index in [9.17, 15) is 18.0 Å². The number of halogens is 3. The molecule has 1 aliphatic rings. The van der Waals surface area contributed by atoms with E-state index < -0.39 is 11.7 Å². The van der Waals surface area contributed by atoms with Crippen LogP contribution < -0.4 is 14.8 Å². The smallest absolute Gasteiger partial charge is 0.416 e. The summed E-state index contributed by atoms with van der Waals surface area (Å²) in [5.41, 5.74) is 1.26. The van der Waals surface area contributed by atoms with Crippen LogP contribution in [0.2, 0.25) is 0 Å². The summed E-state index contributed by atoms with van der Waals surface area (Å²) in [6, 6.07) is 15.2. The Morgan fingerprint density at radius 3 is 2.58 bits per heavy atom. The lowest BCUT2D eigenvalue weighted by molar-refractivity contribution is -0.137. The Balaban J connectivity index is 1.25. The summed E-state index contributed by atoms with van der Waals surface area (Å²) in [6.45, 7) is 4.82. The minimum Gasteiger partial charge on any atom is -0.493 e. The zero-order valence-electron chi connectivity index (χ0n) is 23.6. The van der Waals surface area contributed by atoms with Gasteiger partial charge in [0.25, 0.3) is 0 Å². The van der Waals surface area contributed by atoms with Crippen molar-refractivity contribution in [3.63, 3.8) is 0 Å². The Morgan fingerprint density at radius 1 is 1.05 bits per heavy atom. The molecule has 3 aromatic carbocycles. The Morgan fingerprint density at radius 2 is 1.84 bits per heavy atom. The van der Waals surface area contributed by atoms with Gasteiger partial charge in [-0.1, -0.05) is 18.2 Å². The minimum atomic E-state index is -4.45. The standard InChI is InChI=1S/C32H31F3N4O4/c1-41-29-20-27-26(19-30(29)43-15-3-12-39-13-16-42-17-14-39)31(37-21-36-27)38-25-9-7-23(8-10-25)28(40)11-6-22-4-2-5-24(18-22)32(33,34)35/h2,4-11,18-21H,3,12-17H2,1H3,(H,36,37,38)/b11-6+. The molecule has 1 fully saturated rings. The van der Waals surface area contributed by atoms with Crippen LogP contribution in [-0.2, 0) is 10.9 Å². The molecule has 0 aliphatic carbocycles. The number of aromatic nitrogens is 2. The average Bonchev–Trinajstić information content (AvgIpc) is 3.02. The van der Waals surface area contributed by atoms with Crippen LogP contribution in [0.3, 0.4) is 0 Å². The average molecular weight is 593 g/mol. The molecule has 8 nitrogen and oxygen atoms in total. The van der Waals surface area contributed by atoms with Gasteiger partial charge in [0.2, 0.25) is 0 Å². The number of hydrogen-bond donors (Lipinski definition) is 1. The van der Waals surface area contributed by atoms with Gasteiger partial charge in [-0.05, 0) is 60.5 Å². The number of hydrogen-bond acceptors (Lipinski definition) is 8.